The highest BCUT2D eigenvalue weighted by Gasteiger charge is 2.02. The Morgan fingerprint density at radius 3 is 2.85 bits per heavy atom. The molecule has 0 bridgehead atoms. The summed E-state index contributed by atoms with van der Waals surface area (Å²) in [6, 6.07) is 7.96. The maximum atomic E-state index is 10.4. The molecule has 0 aromatic heterocycles. The van der Waals surface area contributed by atoms with Gasteiger partial charge in [0.2, 0.25) is 0 Å². The molecule has 112 valence electrons. The third-order valence-electron chi connectivity index (χ3n) is 3.14. The van der Waals surface area contributed by atoms with E-state index in [2.05, 4.69) is 19.2 Å². The van der Waals surface area contributed by atoms with E-state index in [1.165, 1.54) is 0 Å². The minimum Gasteiger partial charge on any atom is -0.491 e. The number of aliphatic carboxylic acids is 1. The van der Waals surface area contributed by atoms with Gasteiger partial charge in [-0.05, 0) is 38.3 Å². The number of benzene rings is 1. The molecule has 0 spiro atoms. The van der Waals surface area contributed by atoms with Gasteiger partial charge in [-0.1, -0.05) is 19.4 Å². The molecule has 4 heteroatoms. The number of nitrogens with one attached hydrogen (secondary N) is 1. The fourth-order valence-electron chi connectivity index (χ4n) is 1.81. The van der Waals surface area contributed by atoms with Crippen molar-refractivity contribution < 1.29 is 14.6 Å². The predicted molar refractivity (Wildman–Crippen MR) is 81.4 cm³/mol. The van der Waals surface area contributed by atoms with Crippen LogP contribution in [0.15, 0.2) is 24.3 Å². The van der Waals surface area contributed by atoms with E-state index in [-0.39, 0.29) is 12.5 Å². The molecular formula is C16H25NO3. The Labute approximate surface area is 121 Å². The van der Waals surface area contributed by atoms with E-state index in [4.69, 9.17) is 9.84 Å². The molecule has 1 unspecified atom stereocenters. The molecule has 1 aromatic rings. The SMILES string of the molecule is CCC(C)Oc1cccc(NCCCCCC(=O)O)c1. The largest absolute Gasteiger partial charge is 0.491 e. The van der Waals surface area contributed by atoms with E-state index in [0.29, 0.717) is 0 Å². The van der Waals surface area contributed by atoms with Crippen LogP contribution in [-0.4, -0.2) is 23.7 Å². The molecule has 0 radical (unpaired) electrons. The topological polar surface area (TPSA) is 58.6 Å². The molecule has 1 rings (SSSR count). The maximum Gasteiger partial charge on any atom is 0.303 e. The maximum absolute atomic E-state index is 10.4. The first kappa shape index (κ1) is 16.3. The van der Waals surface area contributed by atoms with Gasteiger partial charge in [0.15, 0.2) is 0 Å². The summed E-state index contributed by atoms with van der Waals surface area (Å²) in [5.74, 6) is 0.170. The van der Waals surface area contributed by atoms with Gasteiger partial charge < -0.3 is 15.2 Å². The molecule has 1 aromatic carbocycles. The van der Waals surface area contributed by atoms with Crippen LogP contribution in [-0.2, 0) is 4.79 Å². The van der Waals surface area contributed by atoms with Crippen LogP contribution in [0.3, 0.4) is 0 Å². The van der Waals surface area contributed by atoms with Crippen molar-refractivity contribution in [3.8, 4) is 5.75 Å². The van der Waals surface area contributed by atoms with Crippen LogP contribution in [0.4, 0.5) is 5.69 Å². The van der Waals surface area contributed by atoms with Gasteiger partial charge in [-0.25, -0.2) is 0 Å². The number of anilines is 1. The van der Waals surface area contributed by atoms with E-state index >= 15 is 0 Å². The molecule has 0 heterocycles. The first-order valence-corrected chi connectivity index (χ1v) is 7.34. The fourth-order valence-corrected chi connectivity index (χ4v) is 1.81. The van der Waals surface area contributed by atoms with E-state index in [9.17, 15) is 4.79 Å². The summed E-state index contributed by atoms with van der Waals surface area (Å²) in [6.07, 6.45) is 4.13. The Morgan fingerprint density at radius 1 is 1.35 bits per heavy atom. The average molecular weight is 279 g/mol. The summed E-state index contributed by atoms with van der Waals surface area (Å²) in [5, 5.41) is 11.9. The molecule has 0 amide bonds. The molecule has 0 saturated heterocycles. The van der Waals surface area contributed by atoms with Crippen LogP contribution in [0.1, 0.15) is 46.0 Å². The summed E-state index contributed by atoms with van der Waals surface area (Å²) < 4.78 is 5.77. The highest BCUT2D eigenvalue weighted by atomic mass is 16.5. The van der Waals surface area contributed by atoms with Crippen LogP contribution in [0.5, 0.6) is 5.75 Å². The smallest absolute Gasteiger partial charge is 0.303 e. The second-order valence-corrected chi connectivity index (χ2v) is 5.00. The molecule has 2 N–H and O–H groups in total. The molecule has 0 aliphatic rings. The van der Waals surface area contributed by atoms with Gasteiger partial charge in [-0.15, -0.1) is 0 Å². The normalized spacial score (nSPS) is 11.9. The lowest BCUT2D eigenvalue weighted by Gasteiger charge is -2.14. The number of carboxylic acids is 1. The zero-order chi connectivity index (χ0) is 14.8. The van der Waals surface area contributed by atoms with Crippen LogP contribution in [0.2, 0.25) is 0 Å². The van der Waals surface area contributed by atoms with Crippen LogP contribution in [0, 0.1) is 0 Å². The lowest BCUT2D eigenvalue weighted by Crippen LogP contribution is -2.10. The zero-order valence-corrected chi connectivity index (χ0v) is 12.4. The Hall–Kier alpha value is -1.71. The number of hydrogen-bond acceptors (Lipinski definition) is 3. The quantitative estimate of drug-likeness (QED) is 0.637. The van der Waals surface area contributed by atoms with Gasteiger partial charge in [0.25, 0.3) is 0 Å². The Balaban J connectivity index is 2.26. The van der Waals surface area contributed by atoms with Crippen molar-refractivity contribution in [2.45, 2.75) is 52.1 Å². The molecule has 0 fully saturated rings. The minimum atomic E-state index is -0.715. The Kier molecular flexibility index (Phi) is 7.55. The number of unbranched alkanes of at least 4 members (excludes halogenated alkanes) is 2. The minimum absolute atomic E-state index is 0.223. The van der Waals surface area contributed by atoms with E-state index in [1.54, 1.807) is 0 Å². The van der Waals surface area contributed by atoms with Crippen molar-refractivity contribution in [3.05, 3.63) is 24.3 Å². The van der Waals surface area contributed by atoms with Crippen molar-refractivity contribution >= 4 is 11.7 Å². The van der Waals surface area contributed by atoms with E-state index in [0.717, 1.165) is 43.7 Å². The van der Waals surface area contributed by atoms with Crippen LogP contribution in [0.25, 0.3) is 0 Å². The molecule has 0 aliphatic carbocycles. The number of hydrogen-bond donors (Lipinski definition) is 2. The van der Waals surface area contributed by atoms with E-state index < -0.39 is 5.97 Å². The van der Waals surface area contributed by atoms with Gasteiger partial charge >= 0.3 is 5.97 Å². The number of carbonyl (C=O) groups is 1. The monoisotopic (exact) mass is 279 g/mol. The number of carboxylic acid groups (broad SMARTS) is 1. The highest BCUT2D eigenvalue weighted by molar-refractivity contribution is 5.66. The summed E-state index contributed by atoms with van der Waals surface area (Å²) in [6.45, 7) is 5.01. The fraction of sp³-hybridized carbons (Fsp3) is 0.562. The second-order valence-electron chi connectivity index (χ2n) is 5.00. The standard InChI is InChI=1S/C16H25NO3/c1-3-13(2)20-15-9-7-8-14(12-15)17-11-6-4-5-10-16(18)19/h7-9,12-13,17H,3-6,10-11H2,1-2H3,(H,18,19). The van der Waals surface area contributed by atoms with Crippen molar-refractivity contribution in [2.75, 3.05) is 11.9 Å². The van der Waals surface area contributed by atoms with Crippen LogP contribution < -0.4 is 10.1 Å². The van der Waals surface area contributed by atoms with Crippen molar-refractivity contribution in [3.63, 3.8) is 0 Å². The summed E-state index contributed by atoms with van der Waals surface area (Å²) >= 11 is 0. The summed E-state index contributed by atoms with van der Waals surface area (Å²) in [4.78, 5) is 10.4. The van der Waals surface area contributed by atoms with Gasteiger partial charge in [0.05, 0.1) is 6.10 Å². The number of ether oxygens (including phenoxy) is 1. The molecule has 1 atom stereocenters. The van der Waals surface area contributed by atoms with Crippen molar-refractivity contribution in [1.29, 1.82) is 0 Å². The summed E-state index contributed by atoms with van der Waals surface area (Å²) in [5.41, 5.74) is 1.05. The lowest BCUT2D eigenvalue weighted by atomic mass is 10.2. The Bertz CT molecular complexity index is 406. The molecular weight excluding hydrogens is 254 g/mol. The Morgan fingerprint density at radius 2 is 2.15 bits per heavy atom. The van der Waals surface area contributed by atoms with Gasteiger partial charge in [0.1, 0.15) is 5.75 Å². The average Bonchev–Trinajstić information content (AvgIpc) is 2.42. The highest BCUT2D eigenvalue weighted by Crippen LogP contribution is 2.19. The molecule has 20 heavy (non-hydrogen) atoms. The number of rotatable bonds is 10. The predicted octanol–water partition coefficient (Wildman–Crippen LogP) is 3.92. The lowest BCUT2D eigenvalue weighted by molar-refractivity contribution is -0.137. The van der Waals surface area contributed by atoms with Gasteiger partial charge in [-0.3, -0.25) is 4.79 Å². The summed E-state index contributed by atoms with van der Waals surface area (Å²) in [7, 11) is 0. The van der Waals surface area contributed by atoms with Gasteiger partial charge in [0, 0.05) is 24.7 Å². The van der Waals surface area contributed by atoms with E-state index in [1.807, 2.05) is 24.3 Å². The van der Waals surface area contributed by atoms with Crippen molar-refractivity contribution in [2.24, 2.45) is 0 Å². The second kappa shape index (κ2) is 9.23. The van der Waals surface area contributed by atoms with Crippen molar-refractivity contribution in [1.82, 2.24) is 0 Å². The van der Waals surface area contributed by atoms with Crippen LogP contribution >= 0.6 is 0 Å². The zero-order valence-electron chi connectivity index (χ0n) is 12.4. The molecule has 4 nitrogen and oxygen atoms in total. The first-order valence-electron chi connectivity index (χ1n) is 7.34. The molecule has 0 aliphatic heterocycles. The first-order chi connectivity index (χ1) is 9.61. The third-order valence-corrected chi connectivity index (χ3v) is 3.14. The van der Waals surface area contributed by atoms with Gasteiger partial charge in [-0.2, -0.15) is 0 Å². The molecule has 0 saturated carbocycles. The third kappa shape index (κ3) is 7.02.